The molecule has 1 aliphatic rings. The summed E-state index contributed by atoms with van der Waals surface area (Å²) in [5.41, 5.74) is 3.02. The number of rotatable bonds is 3. The lowest BCUT2D eigenvalue weighted by atomic mass is 10.1. The molecular weight excluding hydrogens is 224 g/mol. The fraction of sp³-hybridized carbons (Fsp3) is 0.500. The summed E-state index contributed by atoms with van der Waals surface area (Å²) in [5, 5.41) is 12.4. The molecule has 1 aromatic carbocycles. The molecule has 0 unspecified atom stereocenters. The summed E-state index contributed by atoms with van der Waals surface area (Å²) in [7, 11) is 4.05. The van der Waals surface area contributed by atoms with Gasteiger partial charge in [0.1, 0.15) is 6.07 Å². The van der Waals surface area contributed by atoms with E-state index in [1.165, 1.54) is 0 Å². The third-order valence-corrected chi connectivity index (χ3v) is 3.41. The van der Waals surface area contributed by atoms with Crippen molar-refractivity contribution in [1.82, 2.24) is 10.2 Å². The van der Waals surface area contributed by atoms with Gasteiger partial charge >= 0.3 is 0 Å². The lowest BCUT2D eigenvalue weighted by molar-refractivity contribution is 0.313. The number of benzene rings is 1. The number of nitriles is 1. The lowest BCUT2D eigenvalue weighted by Gasteiger charge is -2.34. The van der Waals surface area contributed by atoms with Gasteiger partial charge in [0.15, 0.2) is 0 Å². The van der Waals surface area contributed by atoms with E-state index in [2.05, 4.69) is 40.4 Å². The van der Waals surface area contributed by atoms with Crippen molar-refractivity contribution in [2.24, 2.45) is 0 Å². The summed E-state index contributed by atoms with van der Waals surface area (Å²) >= 11 is 0. The maximum absolute atomic E-state index is 9.29. The Kier molecular flexibility index (Phi) is 4.19. The van der Waals surface area contributed by atoms with Crippen LogP contribution in [0, 0.1) is 11.3 Å². The Labute approximate surface area is 109 Å². The molecule has 4 nitrogen and oxygen atoms in total. The first kappa shape index (κ1) is 12.9. The fourth-order valence-electron chi connectivity index (χ4n) is 2.31. The van der Waals surface area contributed by atoms with E-state index in [4.69, 9.17) is 0 Å². The standard InChI is InChI=1S/C14H20N4/c1-16-11-12-3-4-14(13(9-12)10-15)18-7-5-17(2)6-8-18/h3-4,9,16H,5-8,11H2,1-2H3. The van der Waals surface area contributed by atoms with Gasteiger partial charge in [-0.1, -0.05) is 6.07 Å². The molecule has 0 aromatic heterocycles. The van der Waals surface area contributed by atoms with Gasteiger partial charge in [0.25, 0.3) is 0 Å². The predicted octanol–water partition coefficient (Wildman–Crippen LogP) is 1.03. The molecule has 4 heteroatoms. The number of nitrogens with one attached hydrogen (secondary N) is 1. The highest BCUT2D eigenvalue weighted by Gasteiger charge is 2.17. The monoisotopic (exact) mass is 244 g/mol. The van der Waals surface area contributed by atoms with Crippen molar-refractivity contribution >= 4 is 5.69 Å². The van der Waals surface area contributed by atoms with Crippen molar-refractivity contribution in [3.63, 3.8) is 0 Å². The minimum absolute atomic E-state index is 0.785. The molecule has 0 radical (unpaired) electrons. The Morgan fingerprint density at radius 1 is 1.28 bits per heavy atom. The van der Waals surface area contributed by atoms with Crippen LogP contribution >= 0.6 is 0 Å². The first-order chi connectivity index (χ1) is 8.74. The molecule has 0 amide bonds. The molecule has 1 saturated heterocycles. The van der Waals surface area contributed by atoms with Crippen LogP contribution in [0.3, 0.4) is 0 Å². The number of anilines is 1. The highest BCUT2D eigenvalue weighted by molar-refractivity contribution is 5.60. The maximum atomic E-state index is 9.29. The molecular formula is C14H20N4. The molecule has 1 heterocycles. The minimum Gasteiger partial charge on any atom is -0.368 e. The molecule has 0 atom stereocenters. The van der Waals surface area contributed by atoms with E-state index in [-0.39, 0.29) is 0 Å². The Balaban J connectivity index is 2.20. The molecule has 0 saturated carbocycles. The van der Waals surface area contributed by atoms with E-state index >= 15 is 0 Å². The summed E-state index contributed by atoms with van der Waals surface area (Å²) < 4.78 is 0. The van der Waals surface area contributed by atoms with Gasteiger partial charge in [0.2, 0.25) is 0 Å². The molecule has 1 fully saturated rings. The first-order valence-electron chi connectivity index (χ1n) is 6.35. The summed E-state index contributed by atoms with van der Waals surface area (Å²) in [4.78, 5) is 4.62. The van der Waals surface area contributed by atoms with Crippen LogP contribution < -0.4 is 10.2 Å². The van der Waals surface area contributed by atoms with Crippen LogP contribution in [0.4, 0.5) is 5.69 Å². The summed E-state index contributed by atoms with van der Waals surface area (Å²) in [6.07, 6.45) is 0. The zero-order chi connectivity index (χ0) is 13.0. The molecule has 18 heavy (non-hydrogen) atoms. The zero-order valence-corrected chi connectivity index (χ0v) is 11.1. The van der Waals surface area contributed by atoms with Crippen molar-refractivity contribution < 1.29 is 0 Å². The topological polar surface area (TPSA) is 42.3 Å². The number of hydrogen-bond donors (Lipinski definition) is 1. The van der Waals surface area contributed by atoms with Crippen LogP contribution in [0.25, 0.3) is 0 Å². The summed E-state index contributed by atoms with van der Waals surface area (Å²) in [5.74, 6) is 0. The summed E-state index contributed by atoms with van der Waals surface area (Å²) in [6, 6.07) is 8.49. The predicted molar refractivity (Wildman–Crippen MR) is 73.6 cm³/mol. The van der Waals surface area contributed by atoms with Crippen LogP contribution in [0.15, 0.2) is 18.2 Å². The molecule has 0 spiro atoms. The second kappa shape index (κ2) is 5.85. The van der Waals surface area contributed by atoms with Gasteiger partial charge < -0.3 is 15.1 Å². The molecule has 0 bridgehead atoms. The van der Waals surface area contributed by atoms with Crippen molar-refractivity contribution in [2.75, 3.05) is 45.2 Å². The second-order valence-electron chi connectivity index (χ2n) is 4.78. The van der Waals surface area contributed by atoms with E-state index in [1.807, 2.05) is 13.1 Å². The average Bonchev–Trinajstić information content (AvgIpc) is 2.40. The van der Waals surface area contributed by atoms with Crippen LogP contribution in [-0.4, -0.2) is 45.2 Å². The number of nitrogens with zero attached hydrogens (tertiary/aromatic N) is 3. The molecule has 1 aromatic rings. The normalized spacial score (nSPS) is 16.6. The lowest BCUT2D eigenvalue weighted by Crippen LogP contribution is -2.44. The SMILES string of the molecule is CNCc1ccc(N2CCN(C)CC2)c(C#N)c1. The fourth-order valence-corrected chi connectivity index (χ4v) is 2.31. The van der Waals surface area contributed by atoms with Gasteiger partial charge in [-0.2, -0.15) is 5.26 Å². The highest BCUT2D eigenvalue weighted by Crippen LogP contribution is 2.22. The molecule has 1 N–H and O–H groups in total. The Morgan fingerprint density at radius 2 is 2.00 bits per heavy atom. The van der Waals surface area contributed by atoms with Crippen molar-refractivity contribution in [1.29, 1.82) is 5.26 Å². The quantitative estimate of drug-likeness (QED) is 0.862. The maximum Gasteiger partial charge on any atom is 0.101 e. The highest BCUT2D eigenvalue weighted by atomic mass is 15.2. The van der Waals surface area contributed by atoms with E-state index in [0.717, 1.165) is 49.5 Å². The smallest absolute Gasteiger partial charge is 0.101 e. The van der Waals surface area contributed by atoms with Crippen molar-refractivity contribution in [2.45, 2.75) is 6.54 Å². The Morgan fingerprint density at radius 3 is 2.61 bits per heavy atom. The van der Waals surface area contributed by atoms with Gasteiger partial charge in [-0.15, -0.1) is 0 Å². The van der Waals surface area contributed by atoms with Crippen molar-refractivity contribution in [3.8, 4) is 6.07 Å². The van der Waals surface area contributed by atoms with Gasteiger partial charge in [0, 0.05) is 32.7 Å². The summed E-state index contributed by atoms with van der Waals surface area (Å²) in [6.45, 7) is 4.91. The van der Waals surface area contributed by atoms with Crippen LogP contribution in [0.2, 0.25) is 0 Å². The van der Waals surface area contributed by atoms with Crippen molar-refractivity contribution in [3.05, 3.63) is 29.3 Å². The van der Waals surface area contributed by atoms with Gasteiger partial charge in [-0.25, -0.2) is 0 Å². The van der Waals surface area contributed by atoms with E-state index < -0.39 is 0 Å². The molecule has 0 aliphatic carbocycles. The third-order valence-electron chi connectivity index (χ3n) is 3.41. The van der Waals surface area contributed by atoms with E-state index in [0.29, 0.717) is 0 Å². The van der Waals surface area contributed by atoms with Gasteiger partial charge in [0.05, 0.1) is 11.3 Å². The molecule has 1 aliphatic heterocycles. The van der Waals surface area contributed by atoms with Crippen LogP contribution in [-0.2, 0) is 6.54 Å². The molecule has 2 rings (SSSR count). The van der Waals surface area contributed by atoms with Gasteiger partial charge in [-0.05, 0) is 31.8 Å². The van der Waals surface area contributed by atoms with Gasteiger partial charge in [-0.3, -0.25) is 0 Å². The number of hydrogen-bond acceptors (Lipinski definition) is 4. The van der Waals surface area contributed by atoms with E-state index in [9.17, 15) is 5.26 Å². The van der Waals surface area contributed by atoms with Crippen LogP contribution in [0.1, 0.15) is 11.1 Å². The molecule has 96 valence electrons. The van der Waals surface area contributed by atoms with E-state index in [1.54, 1.807) is 0 Å². The Bertz CT molecular complexity index is 442. The third kappa shape index (κ3) is 2.81. The Hall–Kier alpha value is -1.57. The zero-order valence-electron chi connectivity index (χ0n) is 11.1. The number of piperazine rings is 1. The van der Waals surface area contributed by atoms with Crippen LogP contribution in [0.5, 0.6) is 0 Å². The largest absolute Gasteiger partial charge is 0.368 e. The second-order valence-corrected chi connectivity index (χ2v) is 4.78. The first-order valence-corrected chi connectivity index (χ1v) is 6.35. The minimum atomic E-state index is 0.785. The average molecular weight is 244 g/mol. The number of likely N-dealkylation sites (N-methyl/N-ethyl adjacent to an activating group) is 1.